The molecular weight excluding hydrogens is 290 g/mol. The fraction of sp³-hybridized carbons (Fsp3) is 0.429. The normalized spacial score (nSPS) is 17.9. The standard InChI is InChI=1S/C14H17N3O3S/c1-10(11-2-3-12(20-11)13(18)19)16-5-7-17(8-6-16)14-15-4-9-21-14/h2-4,9-10H,5-8H2,1H3,(H,18,19). The van der Waals surface area contributed by atoms with Gasteiger partial charge in [0.05, 0.1) is 6.04 Å². The summed E-state index contributed by atoms with van der Waals surface area (Å²) in [6.45, 7) is 5.70. The summed E-state index contributed by atoms with van der Waals surface area (Å²) in [4.78, 5) is 19.8. The summed E-state index contributed by atoms with van der Waals surface area (Å²) in [6.07, 6.45) is 1.82. The molecular formula is C14H17N3O3S. The summed E-state index contributed by atoms with van der Waals surface area (Å²) < 4.78 is 5.39. The molecule has 0 bridgehead atoms. The van der Waals surface area contributed by atoms with Crippen LogP contribution in [0.4, 0.5) is 5.13 Å². The lowest BCUT2D eigenvalue weighted by molar-refractivity contribution is 0.0655. The van der Waals surface area contributed by atoms with Crippen LogP contribution in [0.1, 0.15) is 29.3 Å². The fourth-order valence-electron chi connectivity index (χ4n) is 2.54. The van der Waals surface area contributed by atoms with Gasteiger partial charge in [0.1, 0.15) is 5.76 Å². The average molecular weight is 307 g/mol. The number of carboxylic acid groups (broad SMARTS) is 1. The number of nitrogens with zero attached hydrogens (tertiary/aromatic N) is 3. The van der Waals surface area contributed by atoms with Gasteiger partial charge in [0.25, 0.3) is 0 Å². The number of piperazine rings is 1. The first-order valence-electron chi connectivity index (χ1n) is 6.86. The highest BCUT2D eigenvalue weighted by Crippen LogP contribution is 2.26. The van der Waals surface area contributed by atoms with Crippen LogP contribution in [0.25, 0.3) is 0 Å². The predicted molar refractivity (Wildman–Crippen MR) is 80.0 cm³/mol. The van der Waals surface area contributed by atoms with Crippen molar-refractivity contribution >= 4 is 22.4 Å². The van der Waals surface area contributed by atoms with E-state index in [-0.39, 0.29) is 11.8 Å². The maximum Gasteiger partial charge on any atom is 0.371 e. The number of hydrogen-bond donors (Lipinski definition) is 1. The number of aromatic carboxylic acids is 1. The van der Waals surface area contributed by atoms with E-state index in [1.54, 1.807) is 17.4 Å². The zero-order chi connectivity index (χ0) is 14.8. The van der Waals surface area contributed by atoms with E-state index in [4.69, 9.17) is 9.52 Å². The van der Waals surface area contributed by atoms with Crippen molar-refractivity contribution in [1.29, 1.82) is 0 Å². The monoisotopic (exact) mass is 307 g/mol. The highest BCUT2D eigenvalue weighted by atomic mass is 32.1. The lowest BCUT2D eigenvalue weighted by Gasteiger charge is -2.37. The molecule has 6 nitrogen and oxygen atoms in total. The van der Waals surface area contributed by atoms with Crippen LogP contribution in [0.3, 0.4) is 0 Å². The van der Waals surface area contributed by atoms with Gasteiger partial charge in [-0.15, -0.1) is 11.3 Å². The van der Waals surface area contributed by atoms with Crippen molar-refractivity contribution in [2.75, 3.05) is 31.1 Å². The van der Waals surface area contributed by atoms with Crippen molar-refractivity contribution < 1.29 is 14.3 Å². The van der Waals surface area contributed by atoms with Crippen LogP contribution < -0.4 is 4.90 Å². The van der Waals surface area contributed by atoms with Gasteiger partial charge >= 0.3 is 5.97 Å². The highest BCUT2D eigenvalue weighted by molar-refractivity contribution is 7.13. The zero-order valence-corrected chi connectivity index (χ0v) is 12.5. The van der Waals surface area contributed by atoms with Crippen molar-refractivity contribution in [3.63, 3.8) is 0 Å². The van der Waals surface area contributed by atoms with Crippen molar-refractivity contribution in [3.8, 4) is 0 Å². The number of aromatic nitrogens is 1. The Morgan fingerprint density at radius 2 is 2.14 bits per heavy atom. The molecule has 1 saturated heterocycles. The molecule has 0 radical (unpaired) electrons. The SMILES string of the molecule is CC(c1ccc(C(=O)O)o1)N1CCN(c2nccs2)CC1. The van der Waals surface area contributed by atoms with E-state index in [9.17, 15) is 4.79 Å². The topological polar surface area (TPSA) is 69.8 Å². The first-order valence-corrected chi connectivity index (χ1v) is 7.74. The van der Waals surface area contributed by atoms with Crippen LogP contribution in [0.2, 0.25) is 0 Å². The molecule has 3 heterocycles. The van der Waals surface area contributed by atoms with Gasteiger partial charge in [-0.25, -0.2) is 9.78 Å². The predicted octanol–water partition coefficient (Wildman–Crippen LogP) is 2.32. The first-order chi connectivity index (χ1) is 10.1. The lowest BCUT2D eigenvalue weighted by Crippen LogP contribution is -2.47. The minimum atomic E-state index is -1.03. The van der Waals surface area contributed by atoms with Gasteiger partial charge in [-0.2, -0.15) is 0 Å². The highest BCUT2D eigenvalue weighted by Gasteiger charge is 2.25. The van der Waals surface area contributed by atoms with Gasteiger partial charge in [0, 0.05) is 37.8 Å². The molecule has 1 fully saturated rings. The second-order valence-corrected chi connectivity index (χ2v) is 5.89. The van der Waals surface area contributed by atoms with E-state index in [0.717, 1.165) is 31.3 Å². The minimum absolute atomic E-state index is 0.00160. The van der Waals surface area contributed by atoms with E-state index < -0.39 is 5.97 Å². The molecule has 7 heteroatoms. The molecule has 0 saturated carbocycles. The maximum atomic E-state index is 10.9. The smallest absolute Gasteiger partial charge is 0.371 e. The Kier molecular flexibility index (Phi) is 3.94. The molecule has 21 heavy (non-hydrogen) atoms. The molecule has 0 amide bonds. The van der Waals surface area contributed by atoms with Crippen LogP contribution in [-0.2, 0) is 0 Å². The number of hydrogen-bond acceptors (Lipinski definition) is 6. The molecule has 0 aromatic carbocycles. The average Bonchev–Trinajstić information content (AvgIpc) is 3.18. The Morgan fingerprint density at radius 3 is 2.71 bits per heavy atom. The van der Waals surface area contributed by atoms with Crippen LogP contribution in [-0.4, -0.2) is 47.1 Å². The minimum Gasteiger partial charge on any atom is -0.475 e. The van der Waals surface area contributed by atoms with E-state index >= 15 is 0 Å². The molecule has 1 atom stereocenters. The summed E-state index contributed by atoms with van der Waals surface area (Å²) in [5, 5.41) is 12.0. The molecule has 2 aromatic rings. The molecule has 1 aliphatic heterocycles. The third-order valence-corrected chi connectivity index (χ3v) is 4.63. The third-order valence-electron chi connectivity index (χ3n) is 3.80. The van der Waals surface area contributed by atoms with Crippen molar-refractivity contribution in [2.45, 2.75) is 13.0 Å². The fourth-order valence-corrected chi connectivity index (χ4v) is 3.24. The van der Waals surface area contributed by atoms with Crippen molar-refractivity contribution in [2.24, 2.45) is 0 Å². The molecule has 112 valence electrons. The molecule has 1 N–H and O–H groups in total. The Morgan fingerprint density at radius 1 is 1.38 bits per heavy atom. The number of furan rings is 1. The van der Waals surface area contributed by atoms with Gasteiger partial charge in [-0.05, 0) is 19.1 Å². The molecule has 1 unspecified atom stereocenters. The summed E-state index contributed by atoms with van der Waals surface area (Å²) in [6, 6.07) is 3.35. The summed E-state index contributed by atoms with van der Waals surface area (Å²) >= 11 is 1.65. The van der Waals surface area contributed by atoms with E-state index in [0.29, 0.717) is 5.76 Å². The maximum absolute atomic E-state index is 10.9. The molecule has 1 aliphatic rings. The quantitative estimate of drug-likeness (QED) is 0.935. The summed E-state index contributed by atoms with van der Waals surface area (Å²) in [7, 11) is 0. The Balaban J connectivity index is 1.61. The van der Waals surface area contributed by atoms with E-state index in [1.807, 2.05) is 18.5 Å². The van der Waals surface area contributed by atoms with Crippen LogP contribution in [0.15, 0.2) is 28.1 Å². The van der Waals surface area contributed by atoms with Gasteiger partial charge in [-0.1, -0.05) is 0 Å². The van der Waals surface area contributed by atoms with E-state index in [1.165, 1.54) is 6.07 Å². The second-order valence-electron chi connectivity index (χ2n) is 5.02. The Labute approximate surface area is 126 Å². The van der Waals surface area contributed by atoms with Gasteiger partial charge < -0.3 is 14.4 Å². The molecule has 0 aliphatic carbocycles. The van der Waals surface area contributed by atoms with Crippen LogP contribution in [0.5, 0.6) is 0 Å². The van der Waals surface area contributed by atoms with Gasteiger partial charge in [-0.3, -0.25) is 4.90 Å². The number of thiazole rings is 1. The third kappa shape index (κ3) is 2.93. The first kappa shape index (κ1) is 14.1. The number of carbonyl (C=O) groups is 1. The van der Waals surface area contributed by atoms with Crippen LogP contribution in [0, 0.1) is 0 Å². The molecule has 3 rings (SSSR count). The number of carboxylic acids is 1. The van der Waals surface area contributed by atoms with Crippen molar-refractivity contribution in [3.05, 3.63) is 35.2 Å². The van der Waals surface area contributed by atoms with Crippen LogP contribution >= 0.6 is 11.3 Å². The summed E-state index contributed by atoms with van der Waals surface area (Å²) in [5.41, 5.74) is 0. The number of anilines is 1. The van der Waals surface area contributed by atoms with Crippen molar-refractivity contribution in [1.82, 2.24) is 9.88 Å². The Hall–Kier alpha value is -1.86. The number of rotatable bonds is 4. The summed E-state index contributed by atoms with van der Waals surface area (Å²) in [5.74, 6) is -0.324. The molecule has 0 spiro atoms. The molecule has 2 aromatic heterocycles. The Bertz CT molecular complexity index is 603. The largest absolute Gasteiger partial charge is 0.475 e. The second kappa shape index (κ2) is 5.87. The van der Waals surface area contributed by atoms with Gasteiger partial charge in [0.2, 0.25) is 5.76 Å². The van der Waals surface area contributed by atoms with Gasteiger partial charge in [0.15, 0.2) is 5.13 Å². The van der Waals surface area contributed by atoms with E-state index in [2.05, 4.69) is 14.8 Å². The lowest BCUT2D eigenvalue weighted by atomic mass is 10.2. The zero-order valence-electron chi connectivity index (χ0n) is 11.7.